The van der Waals surface area contributed by atoms with Crippen molar-refractivity contribution in [3.63, 3.8) is 0 Å². The highest BCUT2D eigenvalue weighted by Crippen LogP contribution is 2.16. The summed E-state index contributed by atoms with van der Waals surface area (Å²) in [6.45, 7) is 7.11. The Bertz CT molecular complexity index is 385. The summed E-state index contributed by atoms with van der Waals surface area (Å²) in [7, 11) is 1.82. The van der Waals surface area contributed by atoms with E-state index in [9.17, 15) is 4.79 Å². The average Bonchev–Trinajstić information content (AvgIpc) is 2.70. The number of rotatable bonds is 6. The number of aryl methyl sites for hydroxylation is 1. The van der Waals surface area contributed by atoms with Gasteiger partial charge >= 0.3 is 0 Å². The largest absolute Gasteiger partial charge is 0.469 e. The van der Waals surface area contributed by atoms with Gasteiger partial charge in [-0.05, 0) is 25.3 Å². The number of hydrogen-bond acceptors (Lipinski definition) is 3. The van der Waals surface area contributed by atoms with Gasteiger partial charge in [-0.2, -0.15) is 0 Å². The van der Waals surface area contributed by atoms with Crippen molar-refractivity contribution in [2.75, 3.05) is 13.6 Å². The van der Waals surface area contributed by atoms with Gasteiger partial charge in [-0.1, -0.05) is 13.8 Å². The van der Waals surface area contributed by atoms with Gasteiger partial charge in [0.05, 0.1) is 12.2 Å². The highest BCUT2D eigenvalue weighted by molar-refractivity contribution is 5.78. The van der Waals surface area contributed by atoms with Crippen LogP contribution in [0.25, 0.3) is 0 Å². The van der Waals surface area contributed by atoms with Crippen LogP contribution in [0, 0.1) is 18.8 Å². The maximum absolute atomic E-state index is 12.3. The van der Waals surface area contributed by atoms with Crippen LogP contribution in [0.4, 0.5) is 0 Å². The molecule has 0 aliphatic carbocycles. The van der Waals surface area contributed by atoms with Gasteiger partial charge in [0, 0.05) is 25.7 Å². The minimum atomic E-state index is -0.0813. The van der Waals surface area contributed by atoms with Crippen LogP contribution in [0.2, 0.25) is 0 Å². The third kappa shape index (κ3) is 3.88. The zero-order valence-corrected chi connectivity index (χ0v) is 11.8. The van der Waals surface area contributed by atoms with E-state index in [1.807, 2.05) is 20.0 Å². The van der Waals surface area contributed by atoms with E-state index in [1.54, 1.807) is 11.2 Å². The van der Waals surface area contributed by atoms with Crippen molar-refractivity contribution in [1.29, 1.82) is 0 Å². The van der Waals surface area contributed by atoms with E-state index in [1.165, 1.54) is 0 Å². The number of nitrogens with zero attached hydrogens (tertiary/aromatic N) is 1. The summed E-state index contributed by atoms with van der Waals surface area (Å²) in [4.78, 5) is 14.0. The smallest absolute Gasteiger partial charge is 0.227 e. The second kappa shape index (κ2) is 6.59. The average molecular weight is 252 g/mol. The number of carbonyl (C=O) groups excluding carboxylic acids is 1. The monoisotopic (exact) mass is 252 g/mol. The van der Waals surface area contributed by atoms with Crippen molar-refractivity contribution in [1.82, 2.24) is 4.90 Å². The molecule has 1 unspecified atom stereocenters. The van der Waals surface area contributed by atoms with Crippen molar-refractivity contribution in [2.24, 2.45) is 17.6 Å². The minimum absolute atomic E-state index is 0.0813. The Morgan fingerprint density at radius 1 is 1.50 bits per heavy atom. The standard InChI is InChI=1S/C14H24N2O2/c1-10(2)7-13(8-15)14(17)16(4)9-12-5-6-18-11(12)3/h5-6,10,13H,7-9,15H2,1-4H3. The molecular formula is C14H24N2O2. The fourth-order valence-electron chi connectivity index (χ4n) is 2.09. The van der Waals surface area contributed by atoms with E-state index in [2.05, 4.69) is 13.8 Å². The number of hydrogen-bond donors (Lipinski definition) is 1. The Balaban J connectivity index is 2.62. The predicted molar refractivity (Wildman–Crippen MR) is 71.9 cm³/mol. The number of amides is 1. The summed E-state index contributed by atoms with van der Waals surface area (Å²) in [6, 6.07) is 1.90. The molecule has 0 radical (unpaired) electrons. The SMILES string of the molecule is Cc1occc1CN(C)C(=O)C(CN)CC(C)C. The first-order valence-electron chi connectivity index (χ1n) is 6.43. The molecule has 102 valence electrons. The van der Waals surface area contributed by atoms with E-state index < -0.39 is 0 Å². The van der Waals surface area contributed by atoms with Crippen LogP contribution in [0.5, 0.6) is 0 Å². The molecule has 1 heterocycles. The maximum Gasteiger partial charge on any atom is 0.227 e. The molecule has 2 N–H and O–H groups in total. The summed E-state index contributed by atoms with van der Waals surface area (Å²) in [6.07, 6.45) is 2.49. The first-order valence-corrected chi connectivity index (χ1v) is 6.43. The quantitative estimate of drug-likeness (QED) is 0.844. The summed E-state index contributed by atoms with van der Waals surface area (Å²) >= 11 is 0. The summed E-state index contributed by atoms with van der Waals surface area (Å²) in [5.41, 5.74) is 6.74. The van der Waals surface area contributed by atoms with Crippen molar-refractivity contribution in [3.05, 3.63) is 23.7 Å². The lowest BCUT2D eigenvalue weighted by atomic mass is 9.96. The van der Waals surface area contributed by atoms with Gasteiger partial charge in [-0.3, -0.25) is 4.79 Å². The van der Waals surface area contributed by atoms with E-state index in [0.29, 0.717) is 19.0 Å². The lowest BCUT2D eigenvalue weighted by Crippen LogP contribution is -2.37. The second-order valence-corrected chi connectivity index (χ2v) is 5.26. The normalized spacial score (nSPS) is 12.8. The van der Waals surface area contributed by atoms with Gasteiger partial charge in [0.1, 0.15) is 5.76 Å². The van der Waals surface area contributed by atoms with Crippen LogP contribution in [-0.4, -0.2) is 24.4 Å². The van der Waals surface area contributed by atoms with Crippen LogP contribution in [-0.2, 0) is 11.3 Å². The van der Waals surface area contributed by atoms with Gasteiger partial charge in [0.25, 0.3) is 0 Å². The molecular weight excluding hydrogens is 228 g/mol. The Kier molecular flexibility index (Phi) is 5.41. The molecule has 4 heteroatoms. The summed E-state index contributed by atoms with van der Waals surface area (Å²) in [5, 5.41) is 0. The Morgan fingerprint density at radius 2 is 2.17 bits per heavy atom. The van der Waals surface area contributed by atoms with Gasteiger partial charge in [-0.25, -0.2) is 0 Å². The second-order valence-electron chi connectivity index (χ2n) is 5.26. The van der Waals surface area contributed by atoms with Gasteiger partial charge < -0.3 is 15.1 Å². The molecule has 0 spiro atoms. The van der Waals surface area contributed by atoms with E-state index in [0.717, 1.165) is 17.7 Å². The predicted octanol–water partition coefficient (Wildman–Crippen LogP) is 2.17. The van der Waals surface area contributed by atoms with Crippen molar-refractivity contribution < 1.29 is 9.21 Å². The molecule has 4 nitrogen and oxygen atoms in total. The van der Waals surface area contributed by atoms with Crippen LogP contribution in [0.15, 0.2) is 16.7 Å². The number of nitrogens with two attached hydrogens (primary N) is 1. The summed E-state index contributed by atoms with van der Waals surface area (Å²) in [5.74, 6) is 1.38. The molecule has 1 rings (SSSR count). The molecule has 0 saturated carbocycles. The first kappa shape index (κ1) is 14.8. The summed E-state index contributed by atoms with van der Waals surface area (Å²) < 4.78 is 5.23. The number of furan rings is 1. The van der Waals surface area contributed by atoms with Crippen LogP contribution < -0.4 is 5.73 Å². The zero-order chi connectivity index (χ0) is 13.7. The third-order valence-electron chi connectivity index (χ3n) is 3.14. The van der Waals surface area contributed by atoms with Gasteiger partial charge in [0.2, 0.25) is 5.91 Å². The van der Waals surface area contributed by atoms with Crippen molar-refractivity contribution in [2.45, 2.75) is 33.7 Å². The first-order chi connectivity index (χ1) is 8.45. The van der Waals surface area contributed by atoms with Gasteiger partial charge in [-0.15, -0.1) is 0 Å². The van der Waals surface area contributed by atoms with Crippen molar-refractivity contribution in [3.8, 4) is 0 Å². The molecule has 0 aromatic carbocycles. The highest BCUT2D eigenvalue weighted by atomic mass is 16.3. The molecule has 18 heavy (non-hydrogen) atoms. The van der Waals surface area contributed by atoms with E-state index >= 15 is 0 Å². The van der Waals surface area contributed by atoms with E-state index in [-0.39, 0.29) is 11.8 Å². The molecule has 0 aliphatic heterocycles. The van der Waals surface area contributed by atoms with Crippen LogP contribution in [0.1, 0.15) is 31.6 Å². The lowest BCUT2D eigenvalue weighted by Gasteiger charge is -2.23. The molecule has 0 saturated heterocycles. The van der Waals surface area contributed by atoms with Crippen molar-refractivity contribution >= 4 is 5.91 Å². The molecule has 1 atom stereocenters. The topological polar surface area (TPSA) is 59.5 Å². The number of carbonyl (C=O) groups is 1. The van der Waals surface area contributed by atoms with E-state index in [4.69, 9.17) is 10.2 Å². The molecule has 0 aliphatic rings. The maximum atomic E-state index is 12.3. The van der Waals surface area contributed by atoms with Crippen LogP contribution in [0.3, 0.4) is 0 Å². The molecule has 1 amide bonds. The van der Waals surface area contributed by atoms with Crippen LogP contribution >= 0.6 is 0 Å². The molecule has 0 fully saturated rings. The molecule has 1 aromatic heterocycles. The molecule has 0 bridgehead atoms. The van der Waals surface area contributed by atoms with Gasteiger partial charge in [0.15, 0.2) is 0 Å². The zero-order valence-electron chi connectivity index (χ0n) is 11.8. The fraction of sp³-hybridized carbons (Fsp3) is 0.643. The Morgan fingerprint density at radius 3 is 2.61 bits per heavy atom. The fourth-order valence-corrected chi connectivity index (χ4v) is 2.09. The third-order valence-corrected chi connectivity index (χ3v) is 3.14. The highest BCUT2D eigenvalue weighted by Gasteiger charge is 2.22. The Labute approximate surface area is 109 Å². The lowest BCUT2D eigenvalue weighted by molar-refractivity contribution is -0.134. The molecule has 1 aromatic rings. The Hall–Kier alpha value is -1.29. The minimum Gasteiger partial charge on any atom is -0.469 e.